The van der Waals surface area contributed by atoms with Gasteiger partial charge in [-0.05, 0) is 0 Å². The molecule has 0 saturated carbocycles. The van der Waals surface area contributed by atoms with Gasteiger partial charge in [-0.1, -0.05) is 0 Å². The topological polar surface area (TPSA) is 112 Å². The molecule has 0 fully saturated rings. The number of carbonyl (C=O) groups is 1. The molecule has 0 aliphatic rings. The van der Waals surface area contributed by atoms with Crippen LogP contribution in [0.3, 0.4) is 0 Å². The molecule has 0 aliphatic heterocycles. The summed E-state index contributed by atoms with van der Waals surface area (Å²) < 4.78 is 31.6. The smallest absolute Gasteiger partial charge is 0 e. The zero-order chi connectivity index (χ0) is 8.08. The van der Waals surface area contributed by atoms with Crippen molar-refractivity contribution in [2.24, 2.45) is 0 Å². The zero-order valence-electron chi connectivity index (χ0n) is 7.35. The van der Waals surface area contributed by atoms with E-state index in [1.165, 1.54) is 0 Å². The van der Waals surface area contributed by atoms with E-state index in [1.54, 1.807) is 0 Å². The van der Waals surface area contributed by atoms with Crippen molar-refractivity contribution >= 4 is 81.4 Å². The minimum absolute atomic E-state index is 0. The molecule has 80 valence electrons. The van der Waals surface area contributed by atoms with Gasteiger partial charge < -0.3 is 29.9 Å². The summed E-state index contributed by atoms with van der Waals surface area (Å²) >= 11 is 0. The summed E-state index contributed by atoms with van der Waals surface area (Å²) in [5.74, 6) is -0.833. The van der Waals surface area contributed by atoms with E-state index < -0.39 is 16.4 Å². The van der Waals surface area contributed by atoms with Crippen molar-refractivity contribution in [3.05, 3.63) is 0 Å². The summed E-state index contributed by atoms with van der Waals surface area (Å²) in [5, 5.41) is 7.42. The molecular formula is C2H8CaCl2O6PbSZn. The van der Waals surface area contributed by atoms with E-state index in [2.05, 4.69) is 0 Å². The number of rotatable bonds is 0. The number of carboxylic acid groups (broad SMARTS) is 1. The Morgan fingerprint density at radius 3 is 1.14 bits per heavy atom. The molecule has 0 saturated heterocycles. The Balaban J connectivity index is -0.0000000104. The van der Waals surface area contributed by atoms with Crippen LogP contribution in [0.2, 0.25) is 0 Å². The van der Waals surface area contributed by atoms with Crippen LogP contribution in [-0.4, -0.2) is 93.6 Å². The molecule has 0 bridgehead atoms. The predicted octanol–water partition coefficient (Wildman–Crippen LogP) is -7.85. The fourth-order valence-corrected chi connectivity index (χ4v) is 0. The number of halogens is 2. The van der Waals surface area contributed by atoms with Gasteiger partial charge in [0.1, 0.15) is 0 Å². The van der Waals surface area contributed by atoms with Crippen molar-refractivity contribution < 1.29 is 71.7 Å². The Bertz CT molecular complexity index is 176. The van der Waals surface area contributed by atoms with Crippen LogP contribution in [0.5, 0.6) is 0 Å². The summed E-state index contributed by atoms with van der Waals surface area (Å²) in [7, 11) is -4.67. The summed E-state index contributed by atoms with van der Waals surface area (Å²) in [4.78, 5) is 9.00. The third-order valence-electron chi connectivity index (χ3n) is 0. The van der Waals surface area contributed by atoms with Crippen LogP contribution in [-0.2, 0) is 34.7 Å². The van der Waals surface area contributed by atoms with Crippen molar-refractivity contribution in [1.82, 2.24) is 0 Å². The zero-order valence-corrected chi connectivity index (χ0v) is 20.4. The van der Waals surface area contributed by atoms with Crippen LogP contribution >= 0.6 is 0 Å². The normalized spacial score (nSPS) is 5.93. The summed E-state index contributed by atoms with van der Waals surface area (Å²) in [6.07, 6.45) is 0. The Hall–Kier alpha value is 2.73. The molecule has 12 heteroatoms. The maximum Gasteiger partial charge on any atom is 0 e. The maximum absolute atomic E-state index is 9.00. The largest absolute Gasteiger partial charge is 0 e. The quantitative estimate of drug-likeness (QED) is 0.207. The molecule has 0 aromatic heterocycles. The maximum atomic E-state index is 9.00. The first-order valence-electron chi connectivity index (χ1n) is 1.63. The number of aliphatic carboxylic acids is 1. The van der Waals surface area contributed by atoms with Crippen molar-refractivity contribution in [1.29, 1.82) is 0 Å². The first kappa shape index (κ1) is 43.7. The van der Waals surface area contributed by atoms with Crippen molar-refractivity contribution in [3.63, 3.8) is 0 Å². The second kappa shape index (κ2) is 24.8. The molecule has 6 nitrogen and oxygen atoms in total. The fourth-order valence-electron chi connectivity index (χ4n) is 0. The van der Waals surface area contributed by atoms with Gasteiger partial charge in [-0.25, -0.2) is 0 Å². The average Bonchev–Trinajstić information content (AvgIpc) is 1.19. The summed E-state index contributed by atoms with van der Waals surface area (Å²) in [5.41, 5.74) is 0. The summed E-state index contributed by atoms with van der Waals surface area (Å²) in [6, 6.07) is 0. The van der Waals surface area contributed by atoms with Crippen molar-refractivity contribution in [2.75, 3.05) is 0 Å². The molecule has 0 aliphatic carbocycles. The molecule has 0 amide bonds. The Labute approximate surface area is 157 Å². The second-order valence-electron chi connectivity index (χ2n) is 0.967. The van der Waals surface area contributed by atoms with Crippen LogP contribution in [0.15, 0.2) is 0 Å². The minimum atomic E-state index is -4.67. The fraction of sp³-hybridized carbons (Fsp3) is 0.500. The van der Waals surface area contributed by atoms with Gasteiger partial charge in [0.2, 0.25) is 0 Å². The van der Waals surface area contributed by atoms with Gasteiger partial charge in [-0.3, -0.25) is 13.9 Å². The monoisotopic (exact) mass is 542 g/mol. The molecule has 0 rings (SSSR count). The first-order valence-corrected chi connectivity index (χ1v) is 3.02. The van der Waals surface area contributed by atoms with E-state index in [0.717, 1.165) is 6.92 Å². The van der Waals surface area contributed by atoms with E-state index in [0.29, 0.717) is 0 Å². The minimum Gasteiger partial charge on any atom is 0 e. The average molecular weight is 544 g/mol. The Morgan fingerprint density at radius 1 is 1.14 bits per heavy atom. The molecule has 14 heavy (non-hydrogen) atoms. The molecule has 0 aromatic rings. The van der Waals surface area contributed by atoms with Crippen molar-refractivity contribution in [3.8, 4) is 0 Å². The van der Waals surface area contributed by atoms with Gasteiger partial charge in [-0.2, -0.15) is 8.42 Å². The van der Waals surface area contributed by atoms with E-state index in [9.17, 15) is 0 Å². The van der Waals surface area contributed by atoms with Crippen LogP contribution in [0.25, 0.3) is 0 Å². The van der Waals surface area contributed by atoms with Crippen LogP contribution in [0, 0.1) is 0 Å². The molecule has 0 unspecified atom stereocenters. The molecule has 3 N–H and O–H groups in total. The first-order chi connectivity index (χ1) is 3.73. The molecule has 0 aromatic carbocycles. The summed E-state index contributed by atoms with van der Waals surface area (Å²) in [6.45, 7) is 1.08. The SMILES string of the molecule is CC(=O)O.O=S(=O)(O)O.[Ca+2].[Cl-].[Cl-].[PbH2].[Zn]. The van der Waals surface area contributed by atoms with Crippen LogP contribution in [0.4, 0.5) is 0 Å². The molecule has 2 radical (unpaired) electrons. The predicted molar refractivity (Wildman–Crippen MR) is 41.8 cm³/mol. The molecule has 0 atom stereocenters. The van der Waals surface area contributed by atoms with Crippen molar-refractivity contribution in [2.45, 2.75) is 6.92 Å². The number of hydrogen-bond donors (Lipinski definition) is 3. The van der Waals surface area contributed by atoms with E-state index in [4.69, 9.17) is 27.4 Å². The van der Waals surface area contributed by atoms with E-state index in [1.807, 2.05) is 0 Å². The third-order valence-corrected chi connectivity index (χ3v) is 0. The van der Waals surface area contributed by atoms with E-state index in [-0.39, 0.29) is 109 Å². The van der Waals surface area contributed by atoms with Crippen LogP contribution < -0.4 is 24.8 Å². The van der Waals surface area contributed by atoms with Gasteiger partial charge in [0.05, 0.1) is 0 Å². The molecule has 0 heterocycles. The Kier molecular flexibility index (Phi) is 77.5. The van der Waals surface area contributed by atoms with Gasteiger partial charge in [0.25, 0.3) is 5.97 Å². The third kappa shape index (κ3) is 374. The number of carboxylic acids is 1. The van der Waals surface area contributed by atoms with Gasteiger partial charge in [0.15, 0.2) is 0 Å². The van der Waals surface area contributed by atoms with E-state index >= 15 is 0 Å². The Morgan fingerprint density at radius 2 is 1.14 bits per heavy atom. The molecule has 0 spiro atoms. The number of hydrogen-bond acceptors (Lipinski definition) is 3. The van der Waals surface area contributed by atoms with Gasteiger partial charge >= 0.3 is 75.4 Å². The standard InChI is InChI=1S/C2H4O2.Ca.2ClH.H2O4S.Pb.Zn.2H/c1-2(3)4;;;;1-5(2,3)4;;;;/h1H3,(H,3,4);;2*1H;(H2,1,2,3,4);;;;/q;+2;;;;;;;/p-2. The van der Waals surface area contributed by atoms with Crippen LogP contribution in [0.1, 0.15) is 6.92 Å². The van der Waals surface area contributed by atoms with Gasteiger partial charge in [-0.15, -0.1) is 0 Å². The second-order valence-corrected chi connectivity index (χ2v) is 1.86. The molecular weight excluding hydrogens is 536 g/mol. The van der Waals surface area contributed by atoms with Gasteiger partial charge in [0, 0.05) is 26.4 Å².